The minimum Gasteiger partial charge on any atom is -0.389 e. The van der Waals surface area contributed by atoms with Gasteiger partial charge in [-0.15, -0.1) is 0 Å². The molecule has 0 heterocycles. The van der Waals surface area contributed by atoms with Crippen molar-refractivity contribution in [3.63, 3.8) is 0 Å². The summed E-state index contributed by atoms with van der Waals surface area (Å²) in [6.07, 6.45) is 3.72. The number of nitrogens with two attached hydrogens (primary N) is 1. The van der Waals surface area contributed by atoms with E-state index < -0.39 is 0 Å². The smallest absolute Gasteiger partial charge is 0.135 e. The normalized spacial score (nSPS) is 17.3. The second-order valence-corrected chi connectivity index (χ2v) is 5.48. The quantitative estimate of drug-likeness (QED) is 0.809. The SMILES string of the molecule is CC1(CNc2cccc(F)c2C(N)=S)CCC1. The Morgan fingerprint density at radius 2 is 2.24 bits per heavy atom. The molecule has 3 N–H and O–H groups in total. The van der Waals surface area contributed by atoms with Gasteiger partial charge in [0.2, 0.25) is 0 Å². The van der Waals surface area contributed by atoms with Crippen LogP contribution in [-0.4, -0.2) is 11.5 Å². The first-order chi connectivity index (χ1) is 8.02. The van der Waals surface area contributed by atoms with Crippen LogP contribution < -0.4 is 11.1 Å². The van der Waals surface area contributed by atoms with Gasteiger partial charge in [0.1, 0.15) is 10.8 Å². The molecule has 92 valence electrons. The van der Waals surface area contributed by atoms with Crippen LogP contribution in [0, 0.1) is 11.2 Å². The molecule has 2 nitrogen and oxygen atoms in total. The maximum Gasteiger partial charge on any atom is 0.135 e. The first-order valence-electron chi connectivity index (χ1n) is 5.84. The van der Waals surface area contributed by atoms with Crippen LogP contribution in [-0.2, 0) is 0 Å². The highest BCUT2D eigenvalue weighted by Gasteiger charge is 2.31. The number of nitrogens with one attached hydrogen (secondary N) is 1. The topological polar surface area (TPSA) is 38.0 Å². The van der Waals surface area contributed by atoms with Gasteiger partial charge >= 0.3 is 0 Å². The molecule has 1 aliphatic rings. The zero-order valence-corrected chi connectivity index (χ0v) is 10.7. The van der Waals surface area contributed by atoms with Crippen LogP contribution in [0.15, 0.2) is 18.2 Å². The molecule has 0 radical (unpaired) electrons. The van der Waals surface area contributed by atoms with E-state index in [9.17, 15) is 4.39 Å². The van der Waals surface area contributed by atoms with E-state index in [0.29, 0.717) is 16.7 Å². The highest BCUT2D eigenvalue weighted by molar-refractivity contribution is 7.80. The lowest BCUT2D eigenvalue weighted by atomic mass is 9.70. The van der Waals surface area contributed by atoms with Gasteiger partial charge < -0.3 is 11.1 Å². The average molecular weight is 252 g/mol. The largest absolute Gasteiger partial charge is 0.389 e. The Hall–Kier alpha value is -1.16. The van der Waals surface area contributed by atoms with Gasteiger partial charge in [-0.1, -0.05) is 31.6 Å². The molecule has 4 heteroatoms. The van der Waals surface area contributed by atoms with Crippen molar-refractivity contribution in [1.82, 2.24) is 0 Å². The molecule has 2 rings (SSSR count). The Kier molecular flexibility index (Phi) is 3.33. The molecule has 0 aromatic heterocycles. The van der Waals surface area contributed by atoms with E-state index in [1.165, 1.54) is 25.3 Å². The molecule has 17 heavy (non-hydrogen) atoms. The van der Waals surface area contributed by atoms with E-state index in [-0.39, 0.29) is 10.8 Å². The molecule has 0 saturated heterocycles. The fourth-order valence-electron chi connectivity index (χ4n) is 2.19. The Morgan fingerprint density at radius 3 is 2.76 bits per heavy atom. The predicted molar refractivity (Wildman–Crippen MR) is 72.7 cm³/mol. The molecule has 0 unspecified atom stereocenters. The number of hydrogen-bond acceptors (Lipinski definition) is 2. The van der Waals surface area contributed by atoms with Crippen LogP contribution in [0.1, 0.15) is 31.7 Å². The van der Waals surface area contributed by atoms with Gasteiger partial charge in [-0.3, -0.25) is 0 Å². The van der Waals surface area contributed by atoms with E-state index >= 15 is 0 Å². The third kappa shape index (κ3) is 2.57. The van der Waals surface area contributed by atoms with Gasteiger partial charge in [0.25, 0.3) is 0 Å². The zero-order chi connectivity index (χ0) is 12.5. The van der Waals surface area contributed by atoms with Gasteiger partial charge in [0.15, 0.2) is 0 Å². The average Bonchev–Trinajstić information content (AvgIpc) is 2.23. The maximum absolute atomic E-state index is 13.6. The summed E-state index contributed by atoms with van der Waals surface area (Å²) in [6, 6.07) is 4.87. The summed E-state index contributed by atoms with van der Waals surface area (Å²) in [7, 11) is 0. The summed E-state index contributed by atoms with van der Waals surface area (Å²) < 4.78 is 13.6. The Morgan fingerprint density at radius 1 is 1.53 bits per heavy atom. The number of rotatable bonds is 4. The van der Waals surface area contributed by atoms with E-state index in [4.69, 9.17) is 18.0 Å². The molecular formula is C13H17FN2S. The third-order valence-electron chi connectivity index (χ3n) is 3.53. The molecular weight excluding hydrogens is 235 g/mol. The summed E-state index contributed by atoms with van der Waals surface area (Å²) >= 11 is 4.88. The predicted octanol–water partition coefficient (Wildman–Crippen LogP) is 3.06. The second kappa shape index (κ2) is 4.61. The number of hydrogen-bond donors (Lipinski definition) is 2. The summed E-state index contributed by atoms with van der Waals surface area (Å²) in [6.45, 7) is 3.08. The number of thiocarbonyl (C=S) groups is 1. The van der Waals surface area contributed by atoms with Crippen LogP contribution in [0.5, 0.6) is 0 Å². The van der Waals surface area contributed by atoms with Crippen LogP contribution in [0.4, 0.5) is 10.1 Å². The molecule has 1 aromatic rings. The minimum atomic E-state index is -0.360. The van der Waals surface area contributed by atoms with Crippen LogP contribution in [0.2, 0.25) is 0 Å². The van der Waals surface area contributed by atoms with Crippen LogP contribution in [0.3, 0.4) is 0 Å². The molecule has 0 spiro atoms. The molecule has 1 aromatic carbocycles. The first kappa shape index (κ1) is 12.3. The fraction of sp³-hybridized carbons (Fsp3) is 0.462. The van der Waals surface area contributed by atoms with Gasteiger partial charge in [0, 0.05) is 12.2 Å². The van der Waals surface area contributed by atoms with E-state index in [1.54, 1.807) is 6.07 Å². The summed E-state index contributed by atoms with van der Waals surface area (Å²) in [5.74, 6) is -0.360. The van der Waals surface area contributed by atoms with Gasteiger partial charge in [-0.25, -0.2) is 4.39 Å². The van der Waals surface area contributed by atoms with Crippen molar-refractivity contribution in [2.45, 2.75) is 26.2 Å². The summed E-state index contributed by atoms with van der Waals surface area (Å²) in [5.41, 5.74) is 6.91. The molecule has 0 atom stereocenters. The van der Waals surface area contributed by atoms with E-state index in [0.717, 1.165) is 6.54 Å². The minimum absolute atomic E-state index is 0.101. The van der Waals surface area contributed by atoms with E-state index in [2.05, 4.69) is 12.2 Å². The lowest BCUT2D eigenvalue weighted by Gasteiger charge is -2.38. The summed E-state index contributed by atoms with van der Waals surface area (Å²) in [4.78, 5) is 0.101. The Bertz CT molecular complexity index is 441. The van der Waals surface area contributed by atoms with E-state index in [1.807, 2.05) is 6.07 Å². The van der Waals surface area contributed by atoms with Crippen LogP contribution in [0.25, 0.3) is 0 Å². The highest BCUT2D eigenvalue weighted by atomic mass is 32.1. The lowest BCUT2D eigenvalue weighted by Crippen LogP contribution is -2.33. The lowest BCUT2D eigenvalue weighted by molar-refractivity contribution is 0.180. The van der Waals surface area contributed by atoms with Crippen molar-refractivity contribution in [3.8, 4) is 0 Å². The van der Waals surface area contributed by atoms with Gasteiger partial charge in [-0.05, 0) is 30.4 Å². The maximum atomic E-state index is 13.6. The molecule has 0 amide bonds. The molecule has 0 aliphatic heterocycles. The molecule has 1 fully saturated rings. The second-order valence-electron chi connectivity index (χ2n) is 5.04. The Balaban J connectivity index is 2.15. The summed E-state index contributed by atoms with van der Waals surface area (Å²) in [5, 5.41) is 3.27. The zero-order valence-electron chi connectivity index (χ0n) is 9.92. The monoisotopic (exact) mass is 252 g/mol. The molecule has 1 saturated carbocycles. The van der Waals surface area contributed by atoms with Gasteiger partial charge in [-0.2, -0.15) is 0 Å². The molecule has 1 aliphatic carbocycles. The van der Waals surface area contributed by atoms with Crippen molar-refractivity contribution in [3.05, 3.63) is 29.6 Å². The third-order valence-corrected chi connectivity index (χ3v) is 3.73. The first-order valence-corrected chi connectivity index (χ1v) is 6.25. The van der Waals surface area contributed by atoms with Crippen molar-refractivity contribution >= 4 is 22.9 Å². The van der Waals surface area contributed by atoms with Crippen molar-refractivity contribution < 1.29 is 4.39 Å². The fourth-order valence-corrected chi connectivity index (χ4v) is 2.40. The molecule has 0 bridgehead atoms. The standard InChI is InChI=1S/C13H17FN2S/c1-13(6-3-7-13)8-16-10-5-2-4-9(14)11(10)12(15)17/h2,4-5,16H,3,6-8H2,1H3,(H2,15,17). The Labute approximate surface area is 106 Å². The van der Waals surface area contributed by atoms with Crippen molar-refractivity contribution in [2.24, 2.45) is 11.1 Å². The van der Waals surface area contributed by atoms with Crippen LogP contribution >= 0.6 is 12.2 Å². The number of anilines is 1. The number of benzene rings is 1. The van der Waals surface area contributed by atoms with Gasteiger partial charge in [0.05, 0.1) is 5.56 Å². The van der Waals surface area contributed by atoms with Crippen molar-refractivity contribution in [1.29, 1.82) is 0 Å². The highest BCUT2D eigenvalue weighted by Crippen LogP contribution is 2.40. The number of halogens is 1. The van der Waals surface area contributed by atoms with Crippen molar-refractivity contribution in [2.75, 3.05) is 11.9 Å².